The Balaban J connectivity index is 1.65. The third-order valence-electron chi connectivity index (χ3n) is 4.65. The maximum absolute atomic E-state index is 13.6. The zero-order valence-corrected chi connectivity index (χ0v) is 16.8. The lowest BCUT2D eigenvalue weighted by atomic mass is 10.1. The summed E-state index contributed by atoms with van der Waals surface area (Å²) in [5.41, 5.74) is 0.722. The lowest BCUT2D eigenvalue weighted by Crippen LogP contribution is -2.31. The van der Waals surface area contributed by atoms with Gasteiger partial charge < -0.3 is 5.32 Å². The predicted molar refractivity (Wildman–Crippen MR) is 104 cm³/mol. The van der Waals surface area contributed by atoms with E-state index < -0.39 is 15.8 Å². The summed E-state index contributed by atoms with van der Waals surface area (Å²) in [6.45, 7) is 2.96. The lowest BCUT2D eigenvalue weighted by Gasteiger charge is -2.18. The largest absolute Gasteiger partial charge is 0.347 e. The van der Waals surface area contributed by atoms with Crippen molar-refractivity contribution in [2.45, 2.75) is 43.4 Å². The van der Waals surface area contributed by atoms with Crippen molar-refractivity contribution < 1.29 is 17.6 Å². The molecule has 2 aromatic rings. The Labute approximate surface area is 163 Å². The molecule has 1 N–H and O–H groups in total. The van der Waals surface area contributed by atoms with Crippen molar-refractivity contribution in [3.05, 3.63) is 52.2 Å². The number of rotatable bonds is 5. The Morgan fingerprint density at radius 1 is 1.15 bits per heavy atom. The Kier molecular flexibility index (Phi) is 6.29. The van der Waals surface area contributed by atoms with Crippen LogP contribution < -0.4 is 5.32 Å². The maximum Gasteiger partial charge on any atom is 0.252 e. The van der Waals surface area contributed by atoms with E-state index in [9.17, 15) is 17.6 Å². The second kappa shape index (κ2) is 8.50. The number of carbonyl (C=O) groups excluding carboxylic acids is 1. The molecule has 5 nitrogen and oxygen atoms in total. The summed E-state index contributed by atoms with van der Waals surface area (Å²) in [5.74, 6) is -0.816. The Bertz CT molecular complexity index is 917. The number of hydrogen-bond donors (Lipinski definition) is 1. The van der Waals surface area contributed by atoms with E-state index in [0.29, 0.717) is 22.9 Å². The average molecular weight is 411 g/mol. The van der Waals surface area contributed by atoms with Crippen molar-refractivity contribution in [3.63, 3.8) is 0 Å². The van der Waals surface area contributed by atoms with E-state index >= 15 is 0 Å². The van der Waals surface area contributed by atoms with E-state index in [-0.39, 0.29) is 18.0 Å². The van der Waals surface area contributed by atoms with Crippen LogP contribution in [-0.4, -0.2) is 31.7 Å². The Morgan fingerprint density at radius 2 is 1.85 bits per heavy atom. The summed E-state index contributed by atoms with van der Waals surface area (Å²) in [4.78, 5) is 12.9. The minimum absolute atomic E-state index is 0.203. The van der Waals surface area contributed by atoms with Gasteiger partial charge in [-0.15, -0.1) is 11.3 Å². The van der Waals surface area contributed by atoms with Gasteiger partial charge in [0.15, 0.2) is 0 Å². The number of halogens is 1. The molecule has 0 bridgehead atoms. The minimum Gasteiger partial charge on any atom is -0.347 e. The van der Waals surface area contributed by atoms with E-state index in [0.717, 1.165) is 41.9 Å². The second-order valence-corrected chi connectivity index (χ2v) is 10.0. The molecule has 0 radical (unpaired) electrons. The lowest BCUT2D eigenvalue weighted by molar-refractivity contribution is 0.0951. The van der Waals surface area contributed by atoms with Crippen LogP contribution in [0, 0.1) is 12.7 Å². The summed E-state index contributed by atoms with van der Waals surface area (Å²) in [7, 11) is -3.48. The first-order valence-corrected chi connectivity index (χ1v) is 11.3. The van der Waals surface area contributed by atoms with Crippen LogP contribution in [0.15, 0.2) is 34.5 Å². The maximum atomic E-state index is 13.6. The molecule has 1 aliphatic heterocycles. The number of nitrogens with one attached hydrogen (secondary N) is 1. The van der Waals surface area contributed by atoms with Gasteiger partial charge in [-0.25, -0.2) is 12.8 Å². The molecular formula is C19H23FN2O3S2. The van der Waals surface area contributed by atoms with E-state index in [4.69, 9.17) is 0 Å². The number of amides is 1. The number of benzene rings is 1. The van der Waals surface area contributed by atoms with Gasteiger partial charge in [-0.05, 0) is 49.6 Å². The molecule has 1 aromatic carbocycles. The molecule has 3 rings (SSSR count). The van der Waals surface area contributed by atoms with E-state index in [1.807, 2.05) is 0 Å². The van der Waals surface area contributed by atoms with Crippen LogP contribution in [0.5, 0.6) is 0 Å². The highest BCUT2D eigenvalue weighted by Gasteiger charge is 2.26. The number of hydrogen-bond acceptors (Lipinski definition) is 4. The summed E-state index contributed by atoms with van der Waals surface area (Å²) in [6, 6.07) is 7.64. The van der Waals surface area contributed by atoms with Gasteiger partial charge in [0.1, 0.15) is 10.0 Å². The van der Waals surface area contributed by atoms with Gasteiger partial charge in [-0.1, -0.05) is 18.9 Å². The highest BCUT2D eigenvalue weighted by molar-refractivity contribution is 7.91. The average Bonchev–Trinajstić information content (AvgIpc) is 2.95. The molecule has 146 valence electrons. The van der Waals surface area contributed by atoms with Crippen molar-refractivity contribution in [2.75, 3.05) is 13.1 Å². The SMILES string of the molecule is Cc1ccc(C(=O)NCc2ccc(S(=O)(=O)N3CCCCCC3)s2)cc1F. The van der Waals surface area contributed by atoms with Crippen LogP contribution in [-0.2, 0) is 16.6 Å². The molecule has 0 unspecified atom stereocenters. The number of nitrogens with zero attached hydrogens (tertiary/aromatic N) is 1. The first-order chi connectivity index (χ1) is 12.9. The highest BCUT2D eigenvalue weighted by Crippen LogP contribution is 2.27. The van der Waals surface area contributed by atoms with Gasteiger partial charge >= 0.3 is 0 Å². The fourth-order valence-electron chi connectivity index (χ4n) is 3.00. The molecule has 1 fully saturated rings. The van der Waals surface area contributed by atoms with Crippen LogP contribution in [0.25, 0.3) is 0 Å². The smallest absolute Gasteiger partial charge is 0.252 e. The summed E-state index contributed by atoms with van der Waals surface area (Å²) in [5, 5.41) is 2.71. The zero-order valence-electron chi connectivity index (χ0n) is 15.2. The highest BCUT2D eigenvalue weighted by atomic mass is 32.2. The standard InChI is InChI=1S/C19H23FN2O3S2/c1-14-6-7-15(12-17(14)20)19(23)21-13-16-8-9-18(26-16)27(24,25)22-10-4-2-3-5-11-22/h6-9,12H,2-5,10-11,13H2,1H3,(H,21,23). The Morgan fingerprint density at radius 3 is 2.52 bits per heavy atom. The van der Waals surface area contributed by atoms with Gasteiger partial charge in [0, 0.05) is 23.5 Å². The normalized spacial score (nSPS) is 16.1. The van der Waals surface area contributed by atoms with E-state index in [1.165, 1.54) is 6.07 Å². The van der Waals surface area contributed by atoms with Gasteiger partial charge in [0.05, 0.1) is 6.54 Å². The predicted octanol–water partition coefficient (Wildman–Crippen LogP) is 3.69. The van der Waals surface area contributed by atoms with Crippen molar-refractivity contribution >= 4 is 27.3 Å². The van der Waals surface area contributed by atoms with E-state index in [1.54, 1.807) is 35.5 Å². The summed E-state index contributed by atoms with van der Waals surface area (Å²) < 4.78 is 41.0. The first kappa shape index (κ1) is 20.0. The summed E-state index contributed by atoms with van der Waals surface area (Å²) >= 11 is 1.16. The van der Waals surface area contributed by atoms with Crippen LogP contribution in [0.1, 0.15) is 46.5 Å². The van der Waals surface area contributed by atoms with Crippen LogP contribution in [0.4, 0.5) is 4.39 Å². The van der Waals surface area contributed by atoms with Crippen LogP contribution in [0.2, 0.25) is 0 Å². The number of thiophene rings is 1. The molecule has 8 heteroatoms. The molecule has 1 aliphatic rings. The van der Waals surface area contributed by atoms with Gasteiger partial charge in [0.2, 0.25) is 0 Å². The zero-order chi connectivity index (χ0) is 19.4. The number of aryl methyl sites for hydroxylation is 1. The molecular weight excluding hydrogens is 387 g/mol. The van der Waals surface area contributed by atoms with Crippen LogP contribution >= 0.6 is 11.3 Å². The fraction of sp³-hybridized carbons (Fsp3) is 0.421. The topological polar surface area (TPSA) is 66.5 Å². The molecule has 0 spiro atoms. The van der Waals surface area contributed by atoms with Crippen molar-refractivity contribution in [3.8, 4) is 0 Å². The van der Waals surface area contributed by atoms with Gasteiger partial charge in [-0.3, -0.25) is 4.79 Å². The number of carbonyl (C=O) groups is 1. The monoisotopic (exact) mass is 410 g/mol. The Hall–Kier alpha value is -1.77. The molecule has 0 atom stereocenters. The molecule has 1 saturated heterocycles. The second-order valence-electron chi connectivity index (χ2n) is 6.69. The first-order valence-electron chi connectivity index (χ1n) is 9.01. The van der Waals surface area contributed by atoms with Gasteiger partial charge in [-0.2, -0.15) is 4.31 Å². The fourth-order valence-corrected chi connectivity index (χ4v) is 5.97. The molecule has 0 saturated carbocycles. The molecule has 1 aromatic heterocycles. The van der Waals surface area contributed by atoms with E-state index in [2.05, 4.69) is 5.32 Å². The number of sulfonamides is 1. The third kappa shape index (κ3) is 4.75. The molecule has 2 heterocycles. The molecule has 0 aliphatic carbocycles. The van der Waals surface area contributed by atoms with Gasteiger partial charge in [0.25, 0.3) is 15.9 Å². The minimum atomic E-state index is -3.48. The third-order valence-corrected chi connectivity index (χ3v) is 8.10. The molecule has 27 heavy (non-hydrogen) atoms. The van der Waals surface area contributed by atoms with Crippen molar-refractivity contribution in [1.82, 2.24) is 9.62 Å². The summed E-state index contributed by atoms with van der Waals surface area (Å²) in [6.07, 6.45) is 3.90. The quantitative estimate of drug-likeness (QED) is 0.818. The van der Waals surface area contributed by atoms with Crippen molar-refractivity contribution in [2.24, 2.45) is 0 Å². The van der Waals surface area contributed by atoms with Crippen molar-refractivity contribution in [1.29, 1.82) is 0 Å². The molecule has 1 amide bonds. The van der Waals surface area contributed by atoms with Crippen LogP contribution in [0.3, 0.4) is 0 Å².